The summed E-state index contributed by atoms with van der Waals surface area (Å²) in [6, 6.07) is 2.12. The van der Waals surface area contributed by atoms with E-state index in [-0.39, 0.29) is 17.3 Å². The van der Waals surface area contributed by atoms with E-state index in [2.05, 4.69) is 35.9 Å². The van der Waals surface area contributed by atoms with Gasteiger partial charge < -0.3 is 9.88 Å². The first-order chi connectivity index (χ1) is 12.0. The van der Waals surface area contributed by atoms with Crippen molar-refractivity contribution in [3.05, 3.63) is 24.7 Å². The predicted octanol–water partition coefficient (Wildman–Crippen LogP) is 1.26. The van der Waals surface area contributed by atoms with Gasteiger partial charge in [0, 0.05) is 24.8 Å². The quantitative estimate of drug-likeness (QED) is 0.730. The summed E-state index contributed by atoms with van der Waals surface area (Å²) >= 11 is 0. The lowest BCUT2D eigenvalue weighted by atomic mass is 10.2. The molecule has 5 rings (SSSR count). The highest BCUT2D eigenvalue weighted by Gasteiger charge is 2.40. The van der Waals surface area contributed by atoms with Gasteiger partial charge in [-0.05, 0) is 32.3 Å². The molecule has 1 aliphatic carbocycles. The Labute approximate surface area is 145 Å². The first-order valence-electron chi connectivity index (χ1n) is 8.60. The van der Waals surface area contributed by atoms with Crippen LogP contribution in [0.5, 0.6) is 0 Å². The van der Waals surface area contributed by atoms with Crippen LogP contribution in [0.2, 0.25) is 0 Å². The van der Waals surface area contributed by atoms with E-state index in [1.54, 1.807) is 6.20 Å². The monoisotopic (exact) mass is 360 g/mol. The third-order valence-electron chi connectivity index (χ3n) is 5.17. The van der Waals surface area contributed by atoms with Gasteiger partial charge in [-0.1, -0.05) is 0 Å². The normalized spacial score (nSPS) is 24.6. The van der Waals surface area contributed by atoms with Crippen LogP contribution in [0.15, 0.2) is 24.7 Å². The van der Waals surface area contributed by atoms with Gasteiger partial charge in [0.2, 0.25) is 16.0 Å². The van der Waals surface area contributed by atoms with Gasteiger partial charge in [-0.25, -0.2) is 23.1 Å². The Morgan fingerprint density at radius 3 is 2.88 bits per heavy atom. The maximum Gasteiger partial charge on any atom is 0.214 e. The second-order valence-electron chi connectivity index (χ2n) is 7.08. The van der Waals surface area contributed by atoms with Crippen LogP contribution in [0.4, 0.5) is 5.95 Å². The van der Waals surface area contributed by atoms with E-state index >= 15 is 0 Å². The molecule has 3 aromatic rings. The maximum absolute atomic E-state index is 12.2. The number of aromatic nitrogens is 4. The molecule has 132 valence electrons. The van der Waals surface area contributed by atoms with E-state index < -0.39 is 10.0 Å². The van der Waals surface area contributed by atoms with Gasteiger partial charge >= 0.3 is 0 Å². The van der Waals surface area contributed by atoms with Crippen molar-refractivity contribution in [2.24, 2.45) is 0 Å². The van der Waals surface area contributed by atoms with Gasteiger partial charge in [0.1, 0.15) is 0 Å². The Balaban J connectivity index is 1.49. The SMILES string of the molecule is C[C@@H]1C[C@H](NS(=O)(=O)C2CC2)CN1c1ncc2cnc3[nH]ccc3n12. The zero-order chi connectivity index (χ0) is 17.2. The van der Waals surface area contributed by atoms with E-state index in [4.69, 9.17) is 0 Å². The second-order valence-corrected chi connectivity index (χ2v) is 9.08. The molecule has 2 fully saturated rings. The maximum atomic E-state index is 12.2. The summed E-state index contributed by atoms with van der Waals surface area (Å²) < 4.78 is 29.4. The summed E-state index contributed by atoms with van der Waals surface area (Å²) in [6.45, 7) is 2.74. The average molecular weight is 360 g/mol. The van der Waals surface area contributed by atoms with E-state index in [0.717, 1.165) is 41.9 Å². The molecule has 2 aliphatic rings. The summed E-state index contributed by atoms with van der Waals surface area (Å²) in [5.41, 5.74) is 2.71. The number of sulfonamides is 1. The third-order valence-corrected chi connectivity index (χ3v) is 7.18. The van der Waals surface area contributed by atoms with E-state index in [0.29, 0.717) is 6.54 Å². The summed E-state index contributed by atoms with van der Waals surface area (Å²) in [5, 5.41) is -0.185. The van der Waals surface area contributed by atoms with Crippen LogP contribution in [0.3, 0.4) is 0 Å². The topological polar surface area (TPSA) is 95.4 Å². The summed E-state index contributed by atoms with van der Waals surface area (Å²) in [7, 11) is -3.17. The van der Waals surface area contributed by atoms with Gasteiger partial charge in [0.05, 0.1) is 28.7 Å². The number of aromatic amines is 1. The van der Waals surface area contributed by atoms with Crippen molar-refractivity contribution in [3.63, 3.8) is 0 Å². The number of H-pyrrole nitrogens is 1. The molecule has 9 heteroatoms. The molecule has 2 N–H and O–H groups in total. The van der Waals surface area contributed by atoms with E-state index in [1.807, 2.05) is 18.5 Å². The summed E-state index contributed by atoms with van der Waals surface area (Å²) in [6.07, 6.45) is 7.81. The molecule has 3 aromatic heterocycles. The van der Waals surface area contributed by atoms with Gasteiger partial charge in [0.15, 0.2) is 5.65 Å². The van der Waals surface area contributed by atoms with Gasteiger partial charge in [-0.15, -0.1) is 0 Å². The number of hydrogen-bond acceptors (Lipinski definition) is 5. The smallest absolute Gasteiger partial charge is 0.214 e. The highest BCUT2D eigenvalue weighted by atomic mass is 32.2. The van der Waals surface area contributed by atoms with Crippen molar-refractivity contribution in [2.45, 2.75) is 43.5 Å². The highest BCUT2D eigenvalue weighted by molar-refractivity contribution is 7.90. The number of rotatable bonds is 4. The van der Waals surface area contributed by atoms with Crippen molar-refractivity contribution >= 4 is 32.7 Å². The number of anilines is 1. The lowest BCUT2D eigenvalue weighted by Gasteiger charge is -2.22. The molecule has 0 spiro atoms. The molecule has 1 aliphatic heterocycles. The van der Waals surface area contributed by atoms with Crippen LogP contribution in [-0.4, -0.2) is 51.6 Å². The molecule has 4 heterocycles. The van der Waals surface area contributed by atoms with Crippen LogP contribution in [-0.2, 0) is 10.0 Å². The zero-order valence-corrected chi connectivity index (χ0v) is 14.7. The molecule has 1 saturated carbocycles. The largest absolute Gasteiger partial charge is 0.345 e. The summed E-state index contributed by atoms with van der Waals surface area (Å²) in [5.74, 6) is 0.836. The van der Waals surface area contributed by atoms with Gasteiger partial charge in [-0.3, -0.25) is 4.40 Å². The molecular formula is C16H20N6O2S. The minimum Gasteiger partial charge on any atom is -0.345 e. The van der Waals surface area contributed by atoms with Crippen LogP contribution in [0.1, 0.15) is 26.2 Å². The first kappa shape index (κ1) is 15.2. The van der Waals surface area contributed by atoms with E-state index in [9.17, 15) is 8.42 Å². The zero-order valence-electron chi connectivity index (χ0n) is 13.9. The Morgan fingerprint density at radius 1 is 1.28 bits per heavy atom. The minimum atomic E-state index is -3.17. The van der Waals surface area contributed by atoms with Crippen molar-refractivity contribution in [3.8, 4) is 0 Å². The fourth-order valence-corrected chi connectivity index (χ4v) is 5.35. The van der Waals surface area contributed by atoms with Crippen LogP contribution >= 0.6 is 0 Å². The number of hydrogen-bond donors (Lipinski definition) is 2. The fourth-order valence-electron chi connectivity index (χ4n) is 3.76. The molecule has 0 bridgehead atoms. The highest BCUT2D eigenvalue weighted by Crippen LogP contribution is 2.31. The molecule has 1 saturated heterocycles. The van der Waals surface area contributed by atoms with Crippen molar-refractivity contribution < 1.29 is 8.42 Å². The van der Waals surface area contributed by atoms with Crippen molar-refractivity contribution in [1.82, 2.24) is 24.1 Å². The first-order valence-corrected chi connectivity index (χ1v) is 10.1. The number of fused-ring (bicyclic) bond motifs is 3. The molecule has 2 atom stereocenters. The molecule has 0 unspecified atom stereocenters. The summed E-state index contributed by atoms with van der Waals surface area (Å²) in [4.78, 5) is 14.3. The Hall–Kier alpha value is -2.13. The lowest BCUT2D eigenvalue weighted by molar-refractivity contribution is 0.556. The standard InChI is InChI=1S/C16H20N6O2S/c1-10-6-11(20-25(23,24)13-2-3-13)9-21(10)16-19-8-12-7-18-15-14(22(12)16)4-5-17-15/h4-5,7-8,10-11,13,17,20H,2-3,6,9H2,1H3/t10-,11+/m1/s1. The van der Waals surface area contributed by atoms with Crippen molar-refractivity contribution in [1.29, 1.82) is 0 Å². The van der Waals surface area contributed by atoms with E-state index in [1.165, 1.54) is 0 Å². The van der Waals surface area contributed by atoms with Crippen LogP contribution < -0.4 is 9.62 Å². The Morgan fingerprint density at radius 2 is 2.08 bits per heavy atom. The molecule has 25 heavy (non-hydrogen) atoms. The van der Waals surface area contributed by atoms with Crippen molar-refractivity contribution in [2.75, 3.05) is 11.4 Å². The Bertz CT molecular complexity index is 1050. The molecule has 0 amide bonds. The number of nitrogens with one attached hydrogen (secondary N) is 2. The fraction of sp³-hybridized carbons (Fsp3) is 0.500. The minimum absolute atomic E-state index is 0.0727. The lowest BCUT2D eigenvalue weighted by Crippen LogP contribution is -2.39. The number of imidazole rings is 1. The third kappa shape index (κ3) is 2.41. The molecular weight excluding hydrogens is 340 g/mol. The second kappa shape index (κ2) is 5.18. The average Bonchev–Trinajstić information content (AvgIpc) is 3.03. The van der Waals surface area contributed by atoms with Gasteiger partial charge in [0.25, 0.3) is 0 Å². The molecule has 8 nitrogen and oxygen atoms in total. The van der Waals surface area contributed by atoms with Crippen LogP contribution in [0.25, 0.3) is 16.7 Å². The predicted molar refractivity (Wildman–Crippen MR) is 95.1 cm³/mol. The van der Waals surface area contributed by atoms with Gasteiger partial charge in [-0.2, -0.15) is 0 Å². The Kier molecular flexibility index (Phi) is 3.14. The van der Waals surface area contributed by atoms with Crippen LogP contribution in [0, 0.1) is 0 Å². The molecule has 0 radical (unpaired) electrons. The number of nitrogens with zero attached hydrogens (tertiary/aromatic N) is 4. The molecule has 0 aromatic carbocycles.